The zero-order valence-corrected chi connectivity index (χ0v) is 20.6. The molecule has 0 spiro atoms. The topological polar surface area (TPSA) is 92.3 Å². The summed E-state index contributed by atoms with van der Waals surface area (Å²) in [5.74, 6) is 0.464. The Morgan fingerprint density at radius 1 is 1.12 bits per heavy atom. The van der Waals surface area contributed by atoms with Gasteiger partial charge in [-0.1, -0.05) is 61.2 Å². The van der Waals surface area contributed by atoms with Crippen LogP contribution >= 0.6 is 23.1 Å². The van der Waals surface area contributed by atoms with E-state index in [1.54, 1.807) is 6.07 Å². The smallest absolute Gasteiger partial charge is 0.299 e. The van der Waals surface area contributed by atoms with Crippen molar-refractivity contribution < 1.29 is 26.4 Å². The molecule has 7 nitrogen and oxygen atoms in total. The molecule has 1 aromatic heterocycles. The number of hydrogen-bond acceptors (Lipinski definition) is 7. The van der Waals surface area contributed by atoms with Crippen molar-refractivity contribution in [2.75, 3.05) is 21.9 Å². The number of sulfonamides is 1. The van der Waals surface area contributed by atoms with Gasteiger partial charge in [-0.25, -0.2) is 8.42 Å². The molecule has 0 atom stereocenters. The number of nitrogens with one attached hydrogen (secondary N) is 1. The van der Waals surface area contributed by atoms with Crippen LogP contribution in [0.2, 0.25) is 0 Å². The third kappa shape index (κ3) is 6.70. The lowest BCUT2D eigenvalue weighted by Gasteiger charge is -2.24. The average molecular weight is 531 g/mol. The highest BCUT2D eigenvalue weighted by Gasteiger charge is 2.33. The fourth-order valence-electron chi connectivity index (χ4n) is 2.72. The largest absolute Gasteiger partial charge is 0.416 e. The van der Waals surface area contributed by atoms with Crippen LogP contribution in [0.5, 0.6) is 0 Å². The summed E-state index contributed by atoms with van der Waals surface area (Å²) in [6.07, 6.45) is -4.68. The summed E-state index contributed by atoms with van der Waals surface area (Å²) in [5, 5.41) is 10.5. The molecular formula is C21H21F3N4O3S3. The Bertz CT molecular complexity index is 1230. The second kappa shape index (κ2) is 10.7. The molecule has 1 heterocycles. The summed E-state index contributed by atoms with van der Waals surface area (Å²) in [6.45, 7) is 3.34. The first-order chi connectivity index (χ1) is 16.0. The van der Waals surface area contributed by atoms with Crippen LogP contribution in [-0.2, 0) is 21.0 Å². The Labute approximate surface area is 203 Å². The zero-order valence-electron chi connectivity index (χ0n) is 18.1. The molecule has 2 aromatic carbocycles. The lowest BCUT2D eigenvalue weighted by molar-refractivity contribution is -0.137. The van der Waals surface area contributed by atoms with Gasteiger partial charge < -0.3 is 0 Å². The monoisotopic (exact) mass is 530 g/mol. The molecule has 0 fully saturated rings. The van der Waals surface area contributed by atoms with Crippen LogP contribution in [0.4, 0.5) is 24.0 Å². The predicted molar refractivity (Wildman–Crippen MR) is 127 cm³/mol. The van der Waals surface area contributed by atoms with Crippen molar-refractivity contribution in [1.29, 1.82) is 0 Å². The van der Waals surface area contributed by atoms with Crippen molar-refractivity contribution in [1.82, 2.24) is 10.2 Å². The molecule has 34 heavy (non-hydrogen) atoms. The molecule has 0 bridgehead atoms. The van der Waals surface area contributed by atoms with Gasteiger partial charge in [0.05, 0.1) is 16.1 Å². The summed E-state index contributed by atoms with van der Waals surface area (Å²) >= 11 is 2.60. The summed E-state index contributed by atoms with van der Waals surface area (Å²) in [5.41, 5.74) is -1.33. The Hall–Kier alpha value is -2.64. The highest BCUT2D eigenvalue weighted by atomic mass is 32.2. The van der Waals surface area contributed by atoms with E-state index in [-0.39, 0.29) is 15.7 Å². The van der Waals surface area contributed by atoms with E-state index in [1.807, 2.05) is 13.8 Å². The van der Waals surface area contributed by atoms with E-state index in [4.69, 9.17) is 0 Å². The highest BCUT2D eigenvalue weighted by molar-refractivity contribution is 8.01. The van der Waals surface area contributed by atoms with Crippen LogP contribution < -0.4 is 9.62 Å². The number of amides is 1. The van der Waals surface area contributed by atoms with Gasteiger partial charge in [-0.3, -0.25) is 14.4 Å². The van der Waals surface area contributed by atoms with Crippen molar-refractivity contribution in [2.45, 2.75) is 29.3 Å². The van der Waals surface area contributed by atoms with Gasteiger partial charge in [0.1, 0.15) is 6.54 Å². The number of carbonyl (C=O) groups excluding carboxylic acids is 1. The van der Waals surface area contributed by atoms with Gasteiger partial charge in [-0.15, -0.1) is 10.2 Å². The van der Waals surface area contributed by atoms with Crippen LogP contribution in [0.3, 0.4) is 0 Å². The van der Waals surface area contributed by atoms with E-state index in [0.717, 1.165) is 29.2 Å². The first-order valence-corrected chi connectivity index (χ1v) is 13.2. The lowest BCUT2D eigenvalue weighted by atomic mass is 10.2. The standard InChI is InChI=1S/C21H21F3N4O3S3/c1-14(2)13-32-20-27-26-19(33-20)25-18(29)12-28(34(30,31)17-9-4-3-5-10-17)16-8-6-7-15(11-16)21(22,23)24/h3-11,14H,12-13H2,1-2H3,(H,25,26,29). The molecule has 1 N–H and O–H groups in total. The van der Waals surface area contributed by atoms with E-state index < -0.39 is 34.2 Å². The second-order valence-electron chi connectivity index (χ2n) is 7.50. The average Bonchev–Trinajstić information content (AvgIpc) is 3.23. The van der Waals surface area contributed by atoms with Gasteiger partial charge in [0.2, 0.25) is 11.0 Å². The van der Waals surface area contributed by atoms with E-state index in [1.165, 1.54) is 42.1 Å². The third-order valence-corrected chi connectivity index (χ3v) is 8.46. The molecule has 0 saturated carbocycles. The Morgan fingerprint density at radius 3 is 2.47 bits per heavy atom. The number of rotatable bonds is 9. The molecule has 0 unspecified atom stereocenters. The molecule has 0 saturated heterocycles. The maximum absolute atomic E-state index is 13.3. The van der Waals surface area contributed by atoms with Crippen LogP contribution in [-0.4, -0.2) is 36.8 Å². The van der Waals surface area contributed by atoms with Gasteiger partial charge in [0.15, 0.2) is 4.34 Å². The first kappa shape index (κ1) is 26.0. The molecule has 182 valence electrons. The van der Waals surface area contributed by atoms with Gasteiger partial charge >= 0.3 is 6.18 Å². The maximum atomic E-state index is 13.3. The minimum Gasteiger partial charge on any atom is -0.299 e. The van der Waals surface area contributed by atoms with Gasteiger partial charge in [0.25, 0.3) is 10.0 Å². The van der Waals surface area contributed by atoms with Crippen LogP contribution in [0.1, 0.15) is 19.4 Å². The van der Waals surface area contributed by atoms with Crippen LogP contribution in [0.25, 0.3) is 0 Å². The SMILES string of the molecule is CC(C)CSc1nnc(NC(=O)CN(c2cccc(C(F)(F)F)c2)S(=O)(=O)c2ccccc2)s1. The minimum atomic E-state index is -4.68. The van der Waals surface area contributed by atoms with Gasteiger partial charge in [-0.2, -0.15) is 13.2 Å². The Morgan fingerprint density at radius 2 is 1.82 bits per heavy atom. The molecule has 3 aromatic rings. The molecule has 0 aliphatic rings. The van der Waals surface area contributed by atoms with E-state index in [0.29, 0.717) is 20.6 Å². The van der Waals surface area contributed by atoms with Gasteiger partial charge in [-0.05, 0) is 36.2 Å². The number of aromatic nitrogens is 2. The highest BCUT2D eigenvalue weighted by Crippen LogP contribution is 2.33. The minimum absolute atomic E-state index is 0.163. The molecular weight excluding hydrogens is 509 g/mol. The third-order valence-electron chi connectivity index (χ3n) is 4.27. The predicted octanol–water partition coefficient (Wildman–Crippen LogP) is 5.14. The molecule has 0 aliphatic heterocycles. The molecule has 0 aliphatic carbocycles. The number of benzene rings is 2. The van der Waals surface area contributed by atoms with Crippen molar-refractivity contribution in [3.8, 4) is 0 Å². The Kier molecular flexibility index (Phi) is 8.21. The van der Waals surface area contributed by atoms with E-state index >= 15 is 0 Å². The van der Waals surface area contributed by atoms with E-state index in [9.17, 15) is 26.4 Å². The second-order valence-corrected chi connectivity index (χ2v) is 11.6. The summed E-state index contributed by atoms with van der Waals surface area (Å²) in [6, 6.07) is 11.0. The summed E-state index contributed by atoms with van der Waals surface area (Å²) in [4.78, 5) is 12.6. The quantitative estimate of drug-likeness (QED) is 0.304. The maximum Gasteiger partial charge on any atom is 0.416 e. The van der Waals surface area contributed by atoms with Crippen LogP contribution in [0.15, 0.2) is 63.8 Å². The first-order valence-electron chi connectivity index (χ1n) is 9.98. The van der Waals surface area contributed by atoms with Crippen LogP contribution in [0, 0.1) is 5.92 Å². The molecule has 13 heteroatoms. The van der Waals surface area contributed by atoms with Gasteiger partial charge in [0, 0.05) is 5.75 Å². The number of thioether (sulfide) groups is 1. The number of halogens is 3. The molecule has 3 rings (SSSR count). The number of alkyl halides is 3. The zero-order chi connectivity index (χ0) is 24.9. The summed E-state index contributed by atoms with van der Waals surface area (Å²) < 4.78 is 67.6. The fraction of sp³-hybridized carbons (Fsp3) is 0.286. The number of anilines is 2. The number of carbonyl (C=O) groups is 1. The number of nitrogens with zero attached hydrogens (tertiary/aromatic N) is 3. The molecule has 0 radical (unpaired) electrons. The summed E-state index contributed by atoms with van der Waals surface area (Å²) in [7, 11) is -4.35. The molecule has 1 amide bonds. The lowest BCUT2D eigenvalue weighted by Crippen LogP contribution is -2.38. The van der Waals surface area contributed by atoms with Crippen molar-refractivity contribution >= 4 is 49.8 Å². The number of hydrogen-bond donors (Lipinski definition) is 1. The van der Waals surface area contributed by atoms with Crippen molar-refractivity contribution in [3.63, 3.8) is 0 Å². The van der Waals surface area contributed by atoms with E-state index in [2.05, 4.69) is 15.5 Å². The van der Waals surface area contributed by atoms with Crippen molar-refractivity contribution in [3.05, 3.63) is 60.2 Å². The normalized spacial score (nSPS) is 12.1. The fourth-order valence-corrected chi connectivity index (χ4v) is 5.90. The Balaban J connectivity index is 1.88. The van der Waals surface area contributed by atoms with Crippen molar-refractivity contribution in [2.24, 2.45) is 5.92 Å².